The predicted octanol–water partition coefficient (Wildman–Crippen LogP) is 2.39. The summed E-state index contributed by atoms with van der Waals surface area (Å²) in [4.78, 5) is 11.3. The summed E-state index contributed by atoms with van der Waals surface area (Å²) >= 11 is 0. The number of aliphatic imine (C=N–C) groups is 1. The van der Waals surface area contributed by atoms with Crippen LogP contribution in [0.15, 0.2) is 29.4 Å². The summed E-state index contributed by atoms with van der Waals surface area (Å²) in [6, 6.07) is 6.01. The molecule has 0 bridgehead atoms. The van der Waals surface area contributed by atoms with Crippen molar-refractivity contribution in [3.05, 3.63) is 30.1 Å². The molecule has 0 radical (unpaired) electrons. The van der Waals surface area contributed by atoms with Gasteiger partial charge in [0.2, 0.25) is 0 Å². The largest absolute Gasteiger partial charge is 0.357 e. The van der Waals surface area contributed by atoms with Gasteiger partial charge in [0.05, 0.1) is 0 Å². The number of guanidine groups is 1. The standard InChI is InChI=1S/C17H31N5.HI/c1-6-18-16(21-13-17(2,3)14-22(4)5)20-12-10-15-9-7-8-11-19-15;/h7-9,11H,6,10,12-14H2,1-5H3,(H2,18,20,21);1H. The Morgan fingerprint density at radius 3 is 2.57 bits per heavy atom. The van der Waals surface area contributed by atoms with E-state index < -0.39 is 0 Å². The molecule has 23 heavy (non-hydrogen) atoms. The quantitative estimate of drug-likeness (QED) is 0.376. The Morgan fingerprint density at radius 2 is 2.00 bits per heavy atom. The average Bonchev–Trinajstić information content (AvgIpc) is 2.44. The molecule has 5 nitrogen and oxygen atoms in total. The van der Waals surface area contributed by atoms with Crippen LogP contribution in [-0.4, -0.2) is 56.1 Å². The molecule has 0 saturated heterocycles. The molecule has 0 spiro atoms. The molecule has 2 N–H and O–H groups in total. The lowest BCUT2D eigenvalue weighted by Crippen LogP contribution is -2.40. The van der Waals surface area contributed by atoms with Gasteiger partial charge in [0.15, 0.2) is 5.96 Å². The smallest absolute Gasteiger partial charge is 0.191 e. The first-order valence-electron chi connectivity index (χ1n) is 8.00. The van der Waals surface area contributed by atoms with Crippen LogP contribution >= 0.6 is 24.0 Å². The summed E-state index contributed by atoms with van der Waals surface area (Å²) in [7, 11) is 4.20. The van der Waals surface area contributed by atoms with Crippen molar-refractivity contribution in [3.8, 4) is 0 Å². The molecule has 132 valence electrons. The zero-order valence-electron chi connectivity index (χ0n) is 15.1. The van der Waals surface area contributed by atoms with E-state index in [1.165, 1.54) is 0 Å². The van der Waals surface area contributed by atoms with Crippen LogP contribution in [0.1, 0.15) is 26.5 Å². The van der Waals surface area contributed by atoms with Crippen molar-refractivity contribution >= 4 is 29.9 Å². The minimum atomic E-state index is 0. The van der Waals surface area contributed by atoms with Gasteiger partial charge in [-0.25, -0.2) is 0 Å². The Kier molecular flexibility index (Phi) is 11.2. The molecule has 0 aromatic carbocycles. The molecule has 6 heteroatoms. The van der Waals surface area contributed by atoms with Crippen LogP contribution in [-0.2, 0) is 6.42 Å². The summed E-state index contributed by atoms with van der Waals surface area (Å²) in [6.07, 6.45) is 2.73. The summed E-state index contributed by atoms with van der Waals surface area (Å²) in [5.41, 5.74) is 1.26. The Hall–Kier alpha value is -0.890. The van der Waals surface area contributed by atoms with Crippen molar-refractivity contribution in [2.75, 3.05) is 40.3 Å². The van der Waals surface area contributed by atoms with E-state index in [1.54, 1.807) is 0 Å². The van der Waals surface area contributed by atoms with Gasteiger partial charge in [-0.3, -0.25) is 9.98 Å². The lowest BCUT2D eigenvalue weighted by Gasteiger charge is -2.26. The zero-order chi connectivity index (χ0) is 16.4. The third-order valence-electron chi connectivity index (χ3n) is 3.15. The third-order valence-corrected chi connectivity index (χ3v) is 3.15. The SMILES string of the molecule is CCNC(=NCC(C)(C)CN(C)C)NCCc1ccccn1.I. The highest BCUT2D eigenvalue weighted by Crippen LogP contribution is 2.15. The van der Waals surface area contributed by atoms with E-state index in [9.17, 15) is 0 Å². The van der Waals surface area contributed by atoms with Crippen molar-refractivity contribution in [2.45, 2.75) is 27.2 Å². The van der Waals surface area contributed by atoms with Crippen LogP contribution in [0.25, 0.3) is 0 Å². The van der Waals surface area contributed by atoms with Gasteiger partial charge in [-0.05, 0) is 38.6 Å². The Morgan fingerprint density at radius 1 is 1.26 bits per heavy atom. The molecular weight excluding hydrogens is 401 g/mol. The second-order valence-electron chi connectivity index (χ2n) is 6.60. The number of rotatable bonds is 8. The van der Waals surface area contributed by atoms with Crippen LogP contribution in [0.3, 0.4) is 0 Å². The highest BCUT2D eigenvalue weighted by molar-refractivity contribution is 14.0. The monoisotopic (exact) mass is 433 g/mol. The van der Waals surface area contributed by atoms with Gasteiger partial charge in [-0.15, -0.1) is 24.0 Å². The Labute approximate surface area is 158 Å². The summed E-state index contributed by atoms with van der Waals surface area (Å²) < 4.78 is 0. The predicted molar refractivity (Wildman–Crippen MR) is 110 cm³/mol. The molecule has 0 fully saturated rings. The second-order valence-corrected chi connectivity index (χ2v) is 6.60. The Balaban J connectivity index is 0.00000484. The van der Waals surface area contributed by atoms with E-state index in [-0.39, 0.29) is 29.4 Å². The first-order valence-corrected chi connectivity index (χ1v) is 8.00. The minimum absolute atomic E-state index is 0. The normalized spacial score (nSPS) is 12.0. The maximum Gasteiger partial charge on any atom is 0.191 e. The number of halogens is 1. The average molecular weight is 433 g/mol. The van der Waals surface area contributed by atoms with Gasteiger partial charge in [0.1, 0.15) is 0 Å². The van der Waals surface area contributed by atoms with Gasteiger partial charge < -0.3 is 15.5 Å². The maximum absolute atomic E-state index is 4.72. The number of pyridine rings is 1. The first-order chi connectivity index (χ1) is 10.4. The molecule has 1 heterocycles. The van der Waals surface area contributed by atoms with E-state index >= 15 is 0 Å². The molecule has 0 amide bonds. The molecular formula is C17H32IN5. The van der Waals surface area contributed by atoms with E-state index in [4.69, 9.17) is 4.99 Å². The highest BCUT2D eigenvalue weighted by atomic mass is 127. The highest BCUT2D eigenvalue weighted by Gasteiger charge is 2.18. The third kappa shape index (κ3) is 10.5. The van der Waals surface area contributed by atoms with Gasteiger partial charge in [-0.2, -0.15) is 0 Å². The minimum Gasteiger partial charge on any atom is -0.357 e. The van der Waals surface area contributed by atoms with E-state index in [2.05, 4.69) is 55.4 Å². The Bertz CT molecular complexity index is 446. The van der Waals surface area contributed by atoms with Gasteiger partial charge in [0, 0.05) is 44.5 Å². The van der Waals surface area contributed by atoms with Gasteiger partial charge in [-0.1, -0.05) is 19.9 Å². The van der Waals surface area contributed by atoms with Crippen LogP contribution < -0.4 is 10.6 Å². The fraction of sp³-hybridized carbons (Fsp3) is 0.647. The van der Waals surface area contributed by atoms with Crippen LogP contribution in [0, 0.1) is 5.41 Å². The van der Waals surface area contributed by atoms with E-state index in [0.29, 0.717) is 0 Å². The fourth-order valence-electron chi connectivity index (χ4n) is 2.40. The molecule has 0 aliphatic heterocycles. The van der Waals surface area contributed by atoms with Crippen molar-refractivity contribution in [3.63, 3.8) is 0 Å². The van der Waals surface area contributed by atoms with Gasteiger partial charge in [0.25, 0.3) is 0 Å². The number of nitrogens with zero attached hydrogens (tertiary/aromatic N) is 3. The van der Waals surface area contributed by atoms with Crippen molar-refractivity contribution < 1.29 is 0 Å². The van der Waals surface area contributed by atoms with Gasteiger partial charge >= 0.3 is 0 Å². The van der Waals surface area contributed by atoms with E-state index in [1.807, 2.05) is 24.4 Å². The first kappa shape index (κ1) is 22.1. The molecule has 0 aliphatic carbocycles. The number of hydrogen-bond donors (Lipinski definition) is 2. The van der Waals surface area contributed by atoms with Crippen molar-refractivity contribution in [1.82, 2.24) is 20.5 Å². The molecule has 1 aromatic rings. The molecule has 1 rings (SSSR count). The molecule has 1 aromatic heterocycles. The fourth-order valence-corrected chi connectivity index (χ4v) is 2.40. The number of aromatic nitrogens is 1. The second kappa shape index (κ2) is 11.6. The summed E-state index contributed by atoms with van der Waals surface area (Å²) in [5.74, 6) is 0.880. The molecule has 0 atom stereocenters. The van der Waals surface area contributed by atoms with Crippen LogP contribution in [0.4, 0.5) is 0 Å². The lowest BCUT2D eigenvalue weighted by atomic mass is 9.93. The number of hydrogen-bond acceptors (Lipinski definition) is 3. The van der Waals surface area contributed by atoms with Crippen LogP contribution in [0.5, 0.6) is 0 Å². The number of nitrogens with one attached hydrogen (secondary N) is 2. The maximum atomic E-state index is 4.72. The zero-order valence-corrected chi connectivity index (χ0v) is 17.4. The van der Waals surface area contributed by atoms with E-state index in [0.717, 1.165) is 44.3 Å². The molecule has 0 saturated carbocycles. The van der Waals surface area contributed by atoms with Crippen molar-refractivity contribution in [2.24, 2.45) is 10.4 Å². The van der Waals surface area contributed by atoms with Crippen molar-refractivity contribution in [1.29, 1.82) is 0 Å². The van der Waals surface area contributed by atoms with Crippen LogP contribution in [0.2, 0.25) is 0 Å². The summed E-state index contributed by atoms with van der Waals surface area (Å²) in [5, 5.41) is 6.68. The summed E-state index contributed by atoms with van der Waals surface area (Å²) in [6.45, 7) is 10.1. The lowest BCUT2D eigenvalue weighted by molar-refractivity contribution is 0.248. The molecule has 0 aliphatic rings. The topological polar surface area (TPSA) is 52.6 Å². The molecule has 0 unspecified atom stereocenters.